The highest BCUT2D eigenvalue weighted by Gasteiger charge is 2.17. The molecule has 0 radical (unpaired) electrons. The second-order valence-corrected chi connectivity index (χ2v) is 6.41. The molecule has 0 amide bonds. The number of methoxy groups -OCH3 is 1. The summed E-state index contributed by atoms with van der Waals surface area (Å²) in [4.78, 5) is 12.7. The highest BCUT2D eigenvalue weighted by molar-refractivity contribution is 5.88. The first-order chi connectivity index (χ1) is 14.3. The Kier molecular flexibility index (Phi) is 5.97. The summed E-state index contributed by atoms with van der Waals surface area (Å²) in [5.74, 6) is 1.61. The van der Waals surface area contributed by atoms with Crippen molar-refractivity contribution < 1.29 is 28.1 Å². The average molecular weight is 398 g/mol. The lowest BCUT2D eigenvalue weighted by atomic mass is 10.1. The Morgan fingerprint density at radius 3 is 2.24 bits per heavy atom. The quantitative estimate of drug-likeness (QED) is 0.613. The van der Waals surface area contributed by atoms with Crippen molar-refractivity contribution in [3.63, 3.8) is 0 Å². The van der Waals surface area contributed by atoms with Gasteiger partial charge in [-0.25, -0.2) is 4.79 Å². The van der Waals surface area contributed by atoms with E-state index in [4.69, 9.17) is 28.1 Å². The molecule has 0 unspecified atom stereocenters. The fourth-order valence-corrected chi connectivity index (χ4v) is 3.10. The Balaban J connectivity index is 1.74. The maximum absolute atomic E-state index is 12.7. The van der Waals surface area contributed by atoms with Gasteiger partial charge in [-0.3, -0.25) is 0 Å². The third-order valence-electron chi connectivity index (χ3n) is 4.55. The van der Waals surface area contributed by atoms with Gasteiger partial charge >= 0.3 is 5.63 Å². The number of rotatable bonds is 2. The van der Waals surface area contributed by atoms with Gasteiger partial charge in [0, 0.05) is 5.39 Å². The van der Waals surface area contributed by atoms with Crippen LogP contribution in [0.2, 0.25) is 0 Å². The molecule has 29 heavy (non-hydrogen) atoms. The first-order valence-corrected chi connectivity index (χ1v) is 9.42. The minimum atomic E-state index is -0.453. The third kappa shape index (κ3) is 4.36. The predicted octanol–water partition coefficient (Wildman–Crippen LogP) is 3.27. The summed E-state index contributed by atoms with van der Waals surface area (Å²) >= 11 is 0. The van der Waals surface area contributed by atoms with Gasteiger partial charge in [0.2, 0.25) is 5.75 Å². The van der Waals surface area contributed by atoms with Crippen molar-refractivity contribution in [2.45, 2.75) is 0 Å². The molecule has 0 saturated carbocycles. The van der Waals surface area contributed by atoms with Crippen LogP contribution in [0.15, 0.2) is 51.7 Å². The Morgan fingerprint density at radius 2 is 1.52 bits per heavy atom. The van der Waals surface area contributed by atoms with E-state index < -0.39 is 5.63 Å². The van der Waals surface area contributed by atoms with Gasteiger partial charge in [-0.2, -0.15) is 0 Å². The van der Waals surface area contributed by atoms with Gasteiger partial charge in [0.05, 0.1) is 39.1 Å². The monoisotopic (exact) mass is 398 g/mol. The molecule has 0 N–H and O–H groups in total. The molecule has 7 heteroatoms. The van der Waals surface area contributed by atoms with Crippen LogP contribution in [0.1, 0.15) is 0 Å². The van der Waals surface area contributed by atoms with Crippen molar-refractivity contribution >= 4 is 11.0 Å². The van der Waals surface area contributed by atoms with Crippen LogP contribution in [0.4, 0.5) is 0 Å². The molecule has 1 aliphatic rings. The van der Waals surface area contributed by atoms with Gasteiger partial charge in [0.15, 0.2) is 11.3 Å². The molecule has 1 aromatic heterocycles. The maximum Gasteiger partial charge on any atom is 0.344 e. The molecular formula is C22H22O7. The largest absolute Gasteiger partial charge is 0.497 e. The van der Waals surface area contributed by atoms with Crippen LogP contribution in [0, 0.1) is 0 Å². The summed E-state index contributed by atoms with van der Waals surface area (Å²) in [5.41, 5.74) is 1.11. The molecular weight excluding hydrogens is 376 g/mol. The predicted molar refractivity (Wildman–Crippen MR) is 107 cm³/mol. The second kappa shape index (κ2) is 8.98. The number of benzene rings is 2. The summed E-state index contributed by atoms with van der Waals surface area (Å²) in [6, 6.07) is 12.7. The van der Waals surface area contributed by atoms with Crippen molar-refractivity contribution in [2.24, 2.45) is 0 Å². The smallest absolute Gasteiger partial charge is 0.344 e. The second-order valence-electron chi connectivity index (χ2n) is 6.41. The standard InChI is InChI=1S/C22H22O7/c1-24-17-5-2-15(3-6-17)18-14-16-4-7-19-21(20(16)29-22(18)23)28-13-11-26-9-8-25-10-12-27-19/h2-7,14H,8-13H2,1H3. The van der Waals surface area contributed by atoms with Gasteiger partial charge in [-0.05, 0) is 35.9 Å². The summed E-state index contributed by atoms with van der Waals surface area (Å²) in [7, 11) is 1.60. The van der Waals surface area contributed by atoms with Gasteiger partial charge in [0.1, 0.15) is 19.0 Å². The highest BCUT2D eigenvalue weighted by Crippen LogP contribution is 2.36. The van der Waals surface area contributed by atoms with Crippen LogP contribution in [-0.2, 0) is 9.47 Å². The van der Waals surface area contributed by atoms with Crippen LogP contribution in [0.25, 0.3) is 22.1 Å². The Bertz CT molecular complexity index is 1020. The van der Waals surface area contributed by atoms with Gasteiger partial charge in [-0.1, -0.05) is 12.1 Å². The minimum Gasteiger partial charge on any atom is -0.497 e. The molecule has 0 atom stereocenters. The number of ether oxygens (including phenoxy) is 5. The summed E-state index contributed by atoms with van der Waals surface area (Å²) in [5, 5.41) is 0.738. The van der Waals surface area contributed by atoms with E-state index in [1.165, 1.54) is 0 Å². The average Bonchev–Trinajstić information content (AvgIpc) is 2.74. The van der Waals surface area contributed by atoms with Crippen LogP contribution in [0.5, 0.6) is 17.2 Å². The minimum absolute atomic E-state index is 0.305. The van der Waals surface area contributed by atoms with E-state index in [-0.39, 0.29) is 0 Å². The Hall–Kier alpha value is -3.03. The lowest BCUT2D eigenvalue weighted by molar-refractivity contribution is 0.0224. The molecule has 0 saturated heterocycles. The van der Waals surface area contributed by atoms with E-state index in [0.29, 0.717) is 62.3 Å². The molecule has 2 aromatic carbocycles. The molecule has 0 spiro atoms. The van der Waals surface area contributed by atoms with Gasteiger partial charge in [-0.15, -0.1) is 0 Å². The lowest BCUT2D eigenvalue weighted by Gasteiger charge is -2.16. The fraction of sp³-hybridized carbons (Fsp3) is 0.318. The van der Waals surface area contributed by atoms with E-state index in [1.54, 1.807) is 25.3 Å². The molecule has 4 rings (SSSR count). The normalized spacial score (nSPS) is 15.3. The zero-order chi connectivity index (χ0) is 20.1. The number of hydrogen-bond donors (Lipinski definition) is 0. The maximum atomic E-state index is 12.7. The summed E-state index contributed by atoms with van der Waals surface area (Å²) in [6.45, 7) is 2.49. The van der Waals surface area contributed by atoms with E-state index >= 15 is 0 Å². The van der Waals surface area contributed by atoms with Crippen LogP contribution in [-0.4, -0.2) is 46.8 Å². The molecule has 3 aromatic rings. The summed E-state index contributed by atoms with van der Waals surface area (Å²) < 4.78 is 33.4. The first-order valence-electron chi connectivity index (χ1n) is 9.42. The third-order valence-corrected chi connectivity index (χ3v) is 4.55. The van der Waals surface area contributed by atoms with Gasteiger partial charge in [0.25, 0.3) is 0 Å². The van der Waals surface area contributed by atoms with Gasteiger partial charge < -0.3 is 28.1 Å². The van der Waals surface area contributed by atoms with Crippen LogP contribution in [0.3, 0.4) is 0 Å². The molecule has 0 aliphatic carbocycles. The molecule has 152 valence electrons. The molecule has 1 aliphatic heterocycles. The first kappa shape index (κ1) is 19.3. The lowest BCUT2D eigenvalue weighted by Crippen LogP contribution is -2.16. The van der Waals surface area contributed by atoms with Crippen LogP contribution < -0.4 is 19.8 Å². The van der Waals surface area contributed by atoms with E-state index in [9.17, 15) is 4.79 Å². The van der Waals surface area contributed by atoms with Crippen LogP contribution >= 0.6 is 0 Å². The van der Waals surface area contributed by atoms with Crippen molar-refractivity contribution in [2.75, 3.05) is 46.8 Å². The Morgan fingerprint density at radius 1 is 0.828 bits per heavy atom. The van der Waals surface area contributed by atoms with E-state index in [1.807, 2.05) is 24.3 Å². The van der Waals surface area contributed by atoms with Crippen molar-refractivity contribution in [1.29, 1.82) is 0 Å². The number of fused-ring (bicyclic) bond motifs is 3. The van der Waals surface area contributed by atoms with E-state index in [0.717, 1.165) is 16.7 Å². The van der Waals surface area contributed by atoms with E-state index in [2.05, 4.69) is 0 Å². The fourth-order valence-electron chi connectivity index (χ4n) is 3.10. The summed E-state index contributed by atoms with van der Waals surface area (Å²) in [6.07, 6.45) is 0. The molecule has 7 nitrogen and oxygen atoms in total. The SMILES string of the molecule is COc1ccc(-c2cc3ccc4c(c3oc2=O)OCCOCCOCCO4)cc1. The molecule has 0 bridgehead atoms. The van der Waals surface area contributed by atoms with Crippen molar-refractivity contribution in [3.05, 3.63) is 52.9 Å². The molecule has 2 heterocycles. The number of hydrogen-bond acceptors (Lipinski definition) is 7. The Labute approximate surface area is 167 Å². The zero-order valence-corrected chi connectivity index (χ0v) is 16.1. The van der Waals surface area contributed by atoms with Crippen molar-refractivity contribution in [1.82, 2.24) is 0 Å². The molecule has 0 fully saturated rings. The zero-order valence-electron chi connectivity index (χ0n) is 16.1. The highest BCUT2D eigenvalue weighted by atomic mass is 16.6. The van der Waals surface area contributed by atoms with Crippen molar-refractivity contribution in [3.8, 4) is 28.4 Å². The topological polar surface area (TPSA) is 76.4 Å².